The molecule has 1 amide bonds. The number of likely N-dealkylation sites (tertiary alicyclic amines) is 1. The smallest absolute Gasteiger partial charge is 0.407 e. The van der Waals surface area contributed by atoms with Crippen LogP contribution in [0.25, 0.3) is 0 Å². The maximum atomic E-state index is 11.3. The molecule has 1 saturated heterocycles. The molecule has 2 atom stereocenters. The van der Waals surface area contributed by atoms with E-state index < -0.39 is 6.09 Å². The van der Waals surface area contributed by atoms with Gasteiger partial charge in [0.05, 0.1) is 39.1 Å². The number of hydrogen-bond donors (Lipinski definition) is 1. The van der Waals surface area contributed by atoms with Crippen LogP contribution in [0.15, 0.2) is 54.6 Å². The van der Waals surface area contributed by atoms with E-state index >= 15 is 0 Å². The maximum Gasteiger partial charge on any atom is 0.407 e. The van der Waals surface area contributed by atoms with Crippen LogP contribution in [-0.2, 0) is 16.1 Å². The zero-order valence-corrected chi connectivity index (χ0v) is 19.2. The van der Waals surface area contributed by atoms with Gasteiger partial charge in [0.2, 0.25) is 0 Å². The van der Waals surface area contributed by atoms with Crippen molar-refractivity contribution in [2.45, 2.75) is 31.5 Å². The first-order valence-corrected chi connectivity index (χ1v) is 11.8. The van der Waals surface area contributed by atoms with Crippen LogP contribution in [0.2, 0.25) is 0 Å². The highest BCUT2D eigenvalue weighted by Crippen LogP contribution is 2.31. The molecule has 6 nitrogen and oxygen atoms in total. The molecule has 0 saturated carbocycles. The summed E-state index contributed by atoms with van der Waals surface area (Å²) in [6.07, 6.45) is 0.543. The lowest BCUT2D eigenvalue weighted by Gasteiger charge is -2.37. The van der Waals surface area contributed by atoms with Gasteiger partial charge in [-0.15, -0.1) is 0 Å². The molecule has 1 fully saturated rings. The Kier molecular flexibility index (Phi) is 9.65. The van der Waals surface area contributed by atoms with E-state index in [9.17, 15) is 9.90 Å². The fourth-order valence-corrected chi connectivity index (χ4v) is 3.95. The molecule has 31 heavy (non-hydrogen) atoms. The number of carboxylic acid groups (broad SMARTS) is 1. The van der Waals surface area contributed by atoms with Crippen LogP contribution in [0.4, 0.5) is 4.79 Å². The highest BCUT2D eigenvalue weighted by atomic mass is 79.9. The Morgan fingerprint density at radius 2 is 1.84 bits per heavy atom. The molecule has 0 bridgehead atoms. The SMILES string of the molecule is O=C(O)N1CCC(c2ccc(OCCCOCc3ccccc3)cc2)C(OCCBr)C1. The average Bonchev–Trinajstić information content (AvgIpc) is 2.81. The van der Waals surface area contributed by atoms with Gasteiger partial charge in [0.25, 0.3) is 0 Å². The standard InChI is InChI=1S/C24H30BrNO5/c25-12-16-31-23-17-26(24(27)28)13-11-22(23)20-7-9-21(10-8-20)30-15-4-14-29-18-19-5-2-1-3-6-19/h1-3,5-10,22-23H,4,11-18H2,(H,27,28). The molecule has 0 aromatic heterocycles. The predicted octanol–water partition coefficient (Wildman–Crippen LogP) is 4.92. The van der Waals surface area contributed by atoms with Crippen molar-refractivity contribution >= 4 is 22.0 Å². The maximum absolute atomic E-state index is 11.3. The molecule has 2 aromatic rings. The Labute approximate surface area is 192 Å². The van der Waals surface area contributed by atoms with Crippen molar-refractivity contribution in [1.82, 2.24) is 4.90 Å². The number of nitrogens with zero attached hydrogens (tertiary/aromatic N) is 1. The molecule has 1 N–H and O–H groups in total. The third kappa shape index (κ3) is 7.52. The lowest BCUT2D eigenvalue weighted by molar-refractivity contribution is -0.00374. The van der Waals surface area contributed by atoms with Crippen LogP contribution in [0.5, 0.6) is 5.75 Å². The second-order valence-corrected chi connectivity index (χ2v) is 8.32. The summed E-state index contributed by atoms with van der Waals surface area (Å²) >= 11 is 3.38. The molecule has 0 aliphatic carbocycles. The Hall–Kier alpha value is -2.09. The fourth-order valence-electron chi connectivity index (χ4n) is 3.76. The summed E-state index contributed by atoms with van der Waals surface area (Å²) in [5.41, 5.74) is 2.33. The van der Waals surface area contributed by atoms with Gasteiger partial charge in [0.1, 0.15) is 5.75 Å². The van der Waals surface area contributed by atoms with Gasteiger partial charge in [-0.2, -0.15) is 0 Å². The minimum atomic E-state index is -0.887. The molecule has 1 heterocycles. The zero-order valence-electron chi connectivity index (χ0n) is 17.6. The third-order valence-corrected chi connectivity index (χ3v) is 5.68. The number of ether oxygens (including phenoxy) is 3. The van der Waals surface area contributed by atoms with E-state index in [0.29, 0.717) is 39.5 Å². The first-order valence-electron chi connectivity index (χ1n) is 10.7. The van der Waals surface area contributed by atoms with Crippen LogP contribution in [-0.4, -0.2) is 60.4 Å². The minimum absolute atomic E-state index is 0.143. The van der Waals surface area contributed by atoms with Gasteiger partial charge >= 0.3 is 6.09 Å². The van der Waals surface area contributed by atoms with Gasteiger partial charge in [-0.25, -0.2) is 4.79 Å². The average molecular weight is 492 g/mol. The van der Waals surface area contributed by atoms with Gasteiger partial charge < -0.3 is 24.2 Å². The number of amides is 1. The molecule has 7 heteroatoms. The summed E-state index contributed by atoms with van der Waals surface area (Å²) in [6, 6.07) is 18.2. The van der Waals surface area contributed by atoms with Gasteiger partial charge in [-0.3, -0.25) is 0 Å². The Morgan fingerprint density at radius 3 is 2.55 bits per heavy atom. The van der Waals surface area contributed by atoms with Crippen LogP contribution < -0.4 is 4.74 Å². The number of rotatable bonds is 11. The van der Waals surface area contributed by atoms with Crippen molar-refractivity contribution in [1.29, 1.82) is 0 Å². The van der Waals surface area contributed by atoms with Crippen molar-refractivity contribution < 1.29 is 24.1 Å². The summed E-state index contributed by atoms with van der Waals surface area (Å²) < 4.78 is 17.5. The van der Waals surface area contributed by atoms with Crippen molar-refractivity contribution in [3.63, 3.8) is 0 Å². The third-order valence-electron chi connectivity index (χ3n) is 5.36. The summed E-state index contributed by atoms with van der Waals surface area (Å²) in [5.74, 6) is 1.00. The lowest BCUT2D eigenvalue weighted by Crippen LogP contribution is -2.46. The van der Waals surface area contributed by atoms with Crippen molar-refractivity contribution in [2.75, 3.05) is 38.2 Å². The molecule has 0 spiro atoms. The van der Waals surface area contributed by atoms with E-state index in [0.717, 1.165) is 29.5 Å². The number of carbonyl (C=O) groups is 1. The molecule has 1 aliphatic heterocycles. The molecular weight excluding hydrogens is 462 g/mol. The number of piperidine rings is 1. The van der Waals surface area contributed by atoms with Gasteiger partial charge in [0, 0.05) is 24.2 Å². The van der Waals surface area contributed by atoms with Crippen LogP contribution in [0.3, 0.4) is 0 Å². The summed E-state index contributed by atoms with van der Waals surface area (Å²) in [4.78, 5) is 12.8. The molecule has 2 aromatic carbocycles. The van der Waals surface area contributed by atoms with Crippen LogP contribution >= 0.6 is 15.9 Å². The normalized spacial score (nSPS) is 18.7. The quantitative estimate of drug-likeness (QED) is 0.356. The van der Waals surface area contributed by atoms with Crippen molar-refractivity contribution in [3.05, 3.63) is 65.7 Å². The Morgan fingerprint density at radius 1 is 1.06 bits per heavy atom. The van der Waals surface area contributed by atoms with E-state index in [4.69, 9.17) is 14.2 Å². The number of benzene rings is 2. The molecule has 168 valence electrons. The van der Waals surface area contributed by atoms with Crippen LogP contribution in [0.1, 0.15) is 29.9 Å². The van der Waals surface area contributed by atoms with E-state index in [1.54, 1.807) is 0 Å². The minimum Gasteiger partial charge on any atom is -0.494 e. The molecule has 0 radical (unpaired) electrons. The predicted molar refractivity (Wildman–Crippen MR) is 123 cm³/mol. The second kappa shape index (κ2) is 12.7. The monoisotopic (exact) mass is 491 g/mol. The first-order chi connectivity index (χ1) is 15.2. The van der Waals surface area contributed by atoms with Crippen molar-refractivity contribution in [2.24, 2.45) is 0 Å². The Bertz CT molecular complexity index is 786. The van der Waals surface area contributed by atoms with E-state index in [2.05, 4.69) is 40.2 Å². The molecule has 1 aliphatic rings. The molecule has 2 unspecified atom stereocenters. The van der Waals surface area contributed by atoms with E-state index in [-0.39, 0.29) is 12.0 Å². The lowest BCUT2D eigenvalue weighted by atomic mass is 9.87. The highest BCUT2D eigenvalue weighted by Gasteiger charge is 2.33. The van der Waals surface area contributed by atoms with Gasteiger partial charge in [-0.05, 0) is 29.7 Å². The van der Waals surface area contributed by atoms with Gasteiger partial charge in [0.15, 0.2) is 0 Å². The Balaban J connectivity index is 1.43. The molecule has 3 rings (SSSR count). The fraction of sp³-hybridized carbons (Fsp3) is 0.458. The summed E-state index contributed by atoms with van der Waals surface area (Å²) in [6.45, 7) is 3.35. The number of halogens is 1. The van der Waals surface area contributed by atoms with E-state index in [1.165, 1.54) is 10.5 Å². The van der Waals surface area contributed by atoms with Crippen molar-refractivity contribution in [3.8, 4) is 5.75 Å². The molecular formula is C24H30BrNO5. The van der Waals surface area contributed by atoms with Gasteiger partial charge in [-0.1, -0.05) is 58.4 Å². The second-order valence-electron chi connectivity index (χ2n) is 7.53. The van der Waals surface area contributed by atoms with E-state index in [1.807, 2.05) is 30.3 Å². The summed E-state index contributed by atoms with van der Waals surface area (Å²) in [5, 5.41) is 10.0. The summed E-state index contributed by atoms with van der Waals surface area (Å²) in [7, 11) is 0. The number of hydrogen-bond acceptors (Lipinski definition) is 4. The first kappa shape index (κ1) is 23.6. The largest absolute Gasteiger partial charge is 0.494 e. The van der Waals surface area contributed by atoms with Crippen LogP contribution in [0, 0.1) is 0 Å². The number of alkyl halides is 1. The topological polar surface area (TPSA) is 68.2 Å². The zero-order chi connectivity index (χ0) is 21.9. The highest BCUT2D eigenvalue weighted by molar-refractivity contribution is 9.09.